The van der Waals surface area contributed by atoms with E-state index < -0.39 is 5.97 Å². The highest BCUT2D eigenvalue weighted by Gasteiger charge is 2.33. The van der Waals surface area contributed by atoms with Gasteiger partial charge in [0.05, 0.1) is 5.92 Å². The minimum absolute atomic E-state index is 0.0965. The van der Waals surface area contributed by atoms with Crippen molar-refractivity contribution < 1.29 is 14.7 Å². The van der Waals surface area contributed by atoms with Gasteiger partial charge in [-0.25, -0.2) is 0 Å². The summed E-state index contributed by atoms with van der Waals surface area (Å²) in [6.07, 6.45) is 5.27. The summed E-state index contributed by atoms with van der Waals surface area (Å²) in [5.41, 5.74) is 0. The first-order valence-electron chi connectivity index (χ1n) is 5.70. The van der Waals surface area contributed by atoms with Crippen molar-refractivity contribution in [2.24, 2.45) is 11.8 Å². The van der Waals surface area contributed by atoms with Crippen LogP contribution in [0, 0.1) is 11.8 Å². The fraction of sp³-hybridized carbons (Fsp3) is 0.818. The van der Waals surface area contributed by atoms with Crippen molar-refractivity contribution in [2.75, 3.05) is 0 Å². The van der Waals surface area contributed by atoms with Crippen molar-refractivity contribution in [3.05, 3.63) is 0 Å². The number of hydrogen-bond donors (Lipinski definition) is 2. The molecule has 0 radical (unpaired) electrons. The lowest BCUT2D eigenvalue weighted by atomic mass is 9.84. The number of nitrogens with one attached hydrogen (secondary N) is 1. The molecule has 4 nitrogen and oxygen atoms in total. The number of carbonyl (C=O) groups is 2. The Labute approximate surface area is 89.0 Å². The van der Waals surface area contributed by atoms with Crippen LogP contribution in [0.4, 0.5) is 0 Å². The maximum absolute atomic E-state index is 11.6. The summed E-state index contributed by atoms with van der Waals surface area (Å²) in [6.45, 7) is 0. The van der Waals surface area contributed by atoms with Gasteiger partial charge in [-0.05, 0) is 32.1 Å². The van der Waals surface area contributed by atoms with E-state index in [1.807, 2.05) is 0 Å². The van der Waals surface area contributed by atoms with E-state index in [1.54, 1.807) is 0 Å². The third-order valence-corrected chi connectivity index (χ3v) is 3.60. The van der Waals surface area contributed by atoms with E-state index in [-0.39, 0.29) is 23.8 Å². The molecular formula is C11H17NO3. The first kappa shape index (κ1) is 10.5. The summed E-state index contributed by atoms with van der Waals surface area (Å²) >= 11 is 0. The van der Waals surface area contributed by atoms with Gasteiger partial charge in [-0.3, -0.25) is 9.59 Å². The van der Waals surface area contributed by atoms with Crippen LogP contribution in [0.2, 0.25) is 0 Å². The minimum atomic E-state index is -0.726. The maximum atomic E-state index is 11.6. The molecule has 15 heavy (non-hydrogen) atoms. The van der Waals surface area contributed by atoms with Crippen LogP contribution in [0.25, 0.3) is 0 Å². The molecule has 0 aromatic heterocycles. The monoisotopic (exact) mass is 211 g/mol. The smallest absolute Gasteiger partial charge is 0.306 e. The fourth-order valence-electron chi connectivity index (χ4n) is 2.33. The average Bonchev–Trinajstić information content (AvgIpc) is 2.48. The summed E-state index contributed by atoms with van der Waals surface area (Å²) < 4.78 is 0. The summed E-state index contributed by atoms with van der Waals surface area (Å²) in [5.74, 6) is -0.641. The molecule has 0 aromatic carbocycles. The lowest BCUT2D eigenvalue weighted by molar-refractivity contribution is -0.141. The van der Waals surface area contributed by atoms with Crippen molar-refractivity contribution in [2.45, 2.75) is 44.6 Å². The molecule has 2 fully saturated rings. The zero-order valence-corrected chi connectivity index (χ0v) is 8.74. The van der Waals surface area contributed by atoms with Gasteiger partial charge in [-0.1, -0.05) is 6.42 Å². The van der Waals surface area contributed by atoms with E-state index in [1.165, 1.54) is 0 Å². The van der Waals surface area contributed by atoms with Crippen LogP contribution >= 0.6 is 0 Å². The van der Waals surface area contributed by atoms with E-state index in [2.05, 4.69) is 5.32 Å². The van der Waals surface area contributed by atoms with Crippen molar-refractivity contribution >= 4 is 11.9 Å². The van der Waals surface area contributed by atoms with Gasteiger partial charge in [0.25, 0.3) is 0 Å². The van der Waals surface area contributed by atoms with Crippen molar-refractivity contribution in [3.63, 3.8) is 0 Å². The van der Waals surface area contributed by atoms with Gasteiger partial charge in [0.1, 0.15) is 0 Å². The zero-order chi connectivity index (χ0) is 10.8. The molecular weight excluding hydrogens is 194 g/mol. The molecule has 2 aliphatic carbocycles. The van der Waals surface area contributed by atoms with Gasteiger partial charge >= 0.3 is 5.97 Å². The Kier molecular flexibility index (Phi) is 2.93. The minimum Gasteiger partial charge on any atom is -0.481 e. The molecule has 2 atom stereocenters. The second-order valence-electron chi connectivity index (χ2n) is 4.68. The molecule has 0 heterocycles. The lowest BCUT2D eigenvalue weighted by Gasteiger charge is -2.26. The number of aliphatic carboxylic acids is 1. The topological polar surface area (TPSA) is 66.4 Å². The molecule has 0 unspecified atom stereocenters. The molecule has 0 aliphatic heterocycles. The van der Waals surface area contributed by atoms with Crippen LogP contribution in [0.5, 0.6) is 0 Å². The summed E-state index contributed by atoms with van der Waals surface area (Å²) in [4.78, 5) is 22.3. The molecule has 2 rings (SSSR count). The fourth-order valence-corrected chi connectivity index (χ4v) is 2.33. The molecule has 2 saturated carbocycles. The van der Waals surface area contributed by atoms with Gasteiger partial charge < -0.3 is 10.4 Å². The van der Waals surface area contributed by atoms with Gasteiger partial charge in [-0.15, -0.1) is 0 Å². The lowest BCUT2D eigenvalue weighted by Crippen LogP contribution is -2.40. The van der Waals surface area contributed by atoms with Crippen molar-refractivity contribution in [1.82, 2.24) is 5.32 Å². The Morgan fingerprint density at radius 2 is 1.80 bits per heavy atom. The predicted molar refractivity (Wildman–Crippen MR) is 54.2 cm³/mol. The highest BCUT2D eigenvalue weighted by Crippen LogP contribution is 2.29. The standard InChI is InChI=1S/C11H17NO3/c13-10(7-2-1-3-7)12-9-5-4-8(6-9)11(14)15/h7-9H,1-6H2,(H,12,13)(H,14,15)/t8-,9+/m1/s1. The summed E-state index contributed by atoms with van der Waals surface area (Å²) in [7, 11) is 0. The van der Waals surface area contributed by atoms with Crippen LogP contribution < -0.4 is 5.32 Å². The average molecular weight is 211 g/mol. The first-order chi connectivity index (χ1) is 7.16. The molecule has 0 spiro atoms. The van der Waals surface area contributed by atoms with Gasteiger partial charge in [-0.2, -0.15) is 0 Å². The molecule has 4 heteroatoms. The highest BCUT2D eigenvalue weighted by atomic mass is 16.4. The van der Waals surface area contributed by atoms with E-state index in [0.29, 0.717) is 12.8 Å². The third-order valence-electron chi connectivity index (χ3n) is 3.60. The third kappa shape index (κ3) is 2.30. The van der Waals surface area contributed by atoms with E-state index in [0.717, 1.165) is 25.7 Å². The van der Waals surface area contributed by atoms with Crippen LogP contribution in [-0.2, 0) is 9.59 Å². The van der Waals surface area contributed by atoms with Crippen molar-refractivity contribution in [3.8, 4) is 0 Å². The molecule has 0 aromatic rings. The molecule has 0 saturated heterocycles. The van der Waals surface area contributed by atoms with E-state index in [9.17, 15) is 9.59 Å². The van der Waals surface area contributed by atoms with E-state index >= 15 is 0 Å². The van der Waals surface area contributed by atoms with Gasteiger partial charge in [0.2, 0.25) is 5.91 Å². The molecule has 84 valence electrons. The second-order valence-corrected chi connectivity index (χ2v) is 4.68. The number of carboxylic acid groups (broad SMARTS) is 1. The van der Waals surface area contributed by atoms with Crippen LogP contribution in [-0.4, -0.2) is 23.0 Å². The largest absolute Gasteiger partial charge is 0.481 e. The Balaban J connectivity index is 1.76. The molecule has 2 aliphatic rings. The van der Waals surface area contributed by atoms with Crippen molar-refractivity contribution in [1.29, 1.82) is 0 Å². The Hall–Kier alpha value is -1.06. The Bertz CT molecular complexity index is 273. The molecule has 1 amide bonds. The Morgan fingerprint density at radius 3 is 2.27 bits per heavy atom. The first-order valence-corrected chi connectivity index (χ1v) is 5.70. The number of amides is 1. The maximum Gasteiger partial charge on any atom is 0.306 e. The summed E-state index contributed by atoms with van der Waals surface area (Å²) in [5, 5.41) is 11.8. The SMILES string of the molecule is O=C(N[C@H]1CC[C@@H](C(=O)O)C1)C1CCC1. The molecule has 0 bridgehead atoms. The van der Waals surface area contributed by atoms with E-state index in [4.69, 9.17) is 5.11 Å². The second kappa shape index (κ2) is 4.21. The number of carboxylic acids is 1. The Morgan fingerprint density at radius 1 is 1.07 bits per heavy atom. The van der Waals surface area contributed by atoms with Crippen LogP contribution in [0.3, 0.4) is 0 Å². The summed E-state index contributed by atoms with van der Waals surface area (Å²) in [6, 6.07) is 0.0965. The van der Waals surface area contributed by atoms with Gasteiger partial charge in [0.15, 0.2) is 0 Å². The number of hydrogen-bond acceptors (Lipinski definition) is 2. The predicted octanol–water partition coefficient (Wildman–Crippen LogP) is 1.16. The number of rotatable bonds is 3. The van der Waals surface area contributed by atoms with Crippen LogP contribution in [0.1, 0.15) is 38.5 Å². The zero-order valence-electron chi connectivity index (χ0n) is 8.74. The van der Waals surface area contributed by atoms with Gasteiger partial charge in [0, 0.05) is 12.0 Å². The quantitative estimate of drug-likeness (QED) is 0.736. The molecule has 2 N–H and O–H groups in total. The van der Waals surface area contributed by atoms with Crippen LogP contribution in [0.15, 0.2) is 0 Å². The number of carbonyl (C=O) groups excluding carboxylic acids is 1. The normalized spacial score (nSPS) is 30.9. The highest BCUT2D eigenvalue weighted by molar-refractivity contribution is 5.80.